The van der Waals surface area contributed by atoms with E-state index in [0.717, 1.165) is 27.2 Å². The van der Waals surface area contributed by atoms with Crippen LogP contribution in [0.25, 0.3) is 32.9 Å². The second-order valence-electron chi connectivity index (χ2n) is 6.87. The summed E-state index contributed by atoms with van der Waals surface area (Å²) in [6.45, 7) is 0. The van der Waals surface area contributed by atoms with E-state index in [1.165, 1.54) is 23.9 Å². The summed E-state index contributed by atoms with van der Waals surface area (Å²) < 4.78 is 13.3. The standard InChI is InChI=1S/C24H16FN3OS/c25-16-11-9-15(10-12-16)23-18-6-1-2-7-19(18)24(28-27-23)30-14-22(29)20-13-26-21-8-4-3-5-17(20)21/h1-13,26H,14H2. The van der Waals surface area contributed by atoms with Gasteiger partial charge in [0.2, 0.25) is 0 Å². The number of halogens is 1. The SMILES string of the molecule is O=C(CSc1nnc(-c2ccc(F)cc2)c2ccccc12)c1c[nH]c2ccccc12. The van der Waals surface area contributed by atoms with Crippen LogP contribution in [0.3, 0.4) is 0 Å². The molecule has 146 valence electrons. The van der Waals surface area contributed by atoms with Crippen molar-refractivity contribution in [1.82, 2.24) is 15.2 Å². The molecule has 1 N–H and O–H groups in total. The van der Waals surface area contributed by atoms with Gasteiger partial charge >= 0.3 is 0 Å². The van der Waals surface area contributed by atoms with E-state index >= 15 is 0 Å². The first-order valence-corrected chi connectivity index (χ1v) is 10.4. The van der Waals surface area contributed by atoms with E-state index < -0.39 is 0 Å². The summed E-state index contributed by atoms with van der Waals surface area (Å²) in [7, 11) is 0. The van der Waals surface area contributed by atoms with E-state index in [4.69, 9.17) is 0 Å². The lowest BCUT2D eigenvalue weighted by Crippen LogP contribution is -2.02. The summed E-state index contributed by atoms with van der Waals surface area (Å²) in [4.78, 5) is 16.0. The second-order valence-corrected chi connectivity index (χ2v) is 7.83. The molecule has 2 heterocycles. The number of hydrogen-bond donors (Lipinski definition) is 1. The molecule has 0 saturated carbocycles. The number of aromatic amines is 1. The summed E-state index contributed by atoms with van der Waals surface area (Å²) in [6, 6.07) is 21.8. The molecule has 2 aromatic heterocycles. The average molecular weight is 413 g/mol. The number of benzene rings is 3. The van der Waals surface area contributed by atoms with Crippen LogP contribution in [0.1, 0.15) is 10.4 Å². The minimum Gasteiger partial charge on any atom is -0.360 e. The van der Waals surface area contributed by atoms with Crippen molar-refractivity contribution in [3.8, 4) is 11.3 Å². The summed E-state index contributed by atoms with van der Waals surface area (Å²) in [5, 5.41) is 12.2. The maximum atomic E-state index is 13.3. The molecule has 30 heavy (non-hydrogen) atoms. The highest BCUT2D eigenvalue weighted by Crippen LogP contribution is 2.32. The molecule has 5 rings (SSSR count). The number of aromatic nitrogens is 3. The lowest BCUT2D eigenvalue weighted by molar-refractivity contribution is 0.102. The van der Waals surface area contributed by atoms with Crippen LogP contribution in [0, 0.1) is 5.82 Å². The van der Waals surface area contributed by atoms with Gasteiger partial charge in [0.25, 0.3) is 0 Å². The van der Waals surface area contributed by atoms with Gasteiger partial charge < -0.3 is 4.98 Å². The van der Waals surface area contributed by atoms with Crippen LogP contribution in [0.2, 0.25) is 0 Å². The fourth-order valence-corrected chi connectivity index (χ4v) is 4.38. The Hall–Kier alpha value is -3.51. The molecule has 0 aliphatic rings. The largest absolute Gasteiger partial charge is 0.360 e. The molecule has 5 aromatic rings. The Morgan fingerprint density at radius 2 is 1.57 bits per heavy atom. The van der Waals surface area contributed by atoms with Crippen LogP contribution < -0.4 is 0 Å². The molecule has 3 aromatic carbocycles. The molecule has 6 heteroatoms. The summed E-state index contributed by atoms with van der Waals surface area (Å²) in [5.74, 6) is 0.00101. The summed E-state index contributed by atoms with van der Waals surface area (Å²) >= 11 is 1.37. The maximum absolute atomic E-state index is 13.3. The molecule has 0 unspecified atom stereocenters. The maximum Gasteiger partial charge on any atom is 0.175 e. The number of ketones is 1. The molecule has 0 amide bonds. The van der Waals surface area contributed by atoms with E-state index in [1.807, 2.05) is 48.5 Å². The minimum absolute atomic E-state index is 0.0333. The highest BCUT2D eigenvalue weighted by atomic mass is 32.2. The number of carbonyl (C=O) groups is 1. The normalized spacial score (nSPS) is 11.2. The average Bonchev–Trinajstić information content (AvgIpc) is 3.22. The Balaban J connectivity index is 1.46. The zero-order chi connectivity index (χ0) is 20.5. The molecule has 0 spiro atoms. The molecule has 0 aliphatic carbocycles. The first-order valence-electron chi connectivity index (χ1n) is 9.44. The fraction of sp³-hybridized carbons (Fsp3) is 0.0417. The molecule has 0 radical (unpaired) electrons. The smallest absolute Gasteiger partial charge is 0.175 e. The Morgan fingerprint density at radius 3 is 2.37 bits per heavy atom. The van der Waals surface area contributed by atoms with Crippen molar-refractivity contribution >= 4 is 39.2 Å². The predicted molar refractivity (Wildman–Crippen MR) is 118 cm³/mol. The van der Waals surface area contributed by atoms with Gasteiger partial charge in [-0.1, -0.05) is 54.2 Å². The van der Waals surface area contributed by atoms with Gasteiger partial charge in [-0.15, -0.1) is 10.2 Å². The number of thioether (sulfide) groups is 1. The number of hydrogen-bond acceptors (Lipinski definition) is 4. The van der Waals surface area contributed by atoms with E-state index in [0.29, 0.717) is 16.3 Å². The Morgan fingerprint density at radius 1 is 0.867 bits per heavy atom. The Bertz CT molecular complexity index is 1380. The molecule has 0 bridgehead atoms. The van der Waals surface area contributed by atoms with Crippen molar-refractivity contribution in [2.24, 2.45) is 0 Å². The fourth-order valence-electron chi connectivity index (χ4n) is 3.52. The van der Waals surface area contributed by atoms with Crippen molar-refractivity contribution in [1.29, 1.82) is 0 Å². The third kappa shape index (κ3) is 3.35. The zero-order valence-electron chi connectivity index (χ0n) is 15.8. The number of nitrogens with one attached hydrogen (secondary N) is 1. The monoisotopic (exact) mass is 413 g/mol. The van der Waals surface area contributed by atoms with Crippen LogP contribution in [0.4, 0.5) is 4.39 Å². The number of carbonyl (C=O) groups excluding carboxylic acids is 1. The number of para-hydroxylation sites is 1. The number of nitrogens with zero attached hydrogens (tertiary/aromatic N) is 2. The molecule has 0 fully saturated rings. The van der Waals surface area contributed by atoms with Crippen molar-refractivity contribution < 1.29 is 9.18 Å². The zero-order valence-corrected chi connectivity index (χ0v) is 16.6. The van der Waals surface area contributed by atoms with Gasteiger partial charge in [-0.3, -0.25) is 4.79 Å². The molecule has 0 saturated heterocycles. The van der Waals surface area contributed by atoms with Crippen LogP contribution >= 0.6 is 11.8 Å². The topological polar surface area (TPSA) is 58.6 Å². The van der Waals surface area contributed by atoms with Gasteiger partial charge in [0, 0.05) is 39.0 Å². The highest BCUT2D eigenvalue weighted by molar-refractivity contribution is 8.00. The van der Waals surface area contributed by atoms with Crippen molar-refractivity contribution in [3.05, 3.63) is 90.4 Å². The van der Waals surface area contributed by atoms with Gasteiger partial charge in [0.1, 0.15) is 16.5 Å². The quantitative estimate of drug-likeness (QED) is 0.288. The molecule has 0 atom stereocenters. The lowest BCUT2D eigenvalue weighted by atomic mass is 10.1. The Labute approximate surface area is 176 Å². The number of Topliss-reactive ketones (excluding diaryl/α,β-unsaturated/α-hetero) is 1. The summed E-state index contributed by atoms with van der Waals surface area (Å²) in [6.07, 6.45) is 1.76. The van der Waals surface area contributed by atoms with Crippen molar-refractivity contribution in [2.45, 2.75) is 5.03 Å². The van der Waals surface area contributed by atoms with Gasteiger partial charge in [0.15, 0.2) is 5.78 Å². The third-order valence-electron chi connectivity index (χ3n) is 5.00. The van der Waals surface area contributed by atoms with Crippen LogP contribution in [0.15, 0.2) is 84.0 Å². The van der Waals surface area contributed by atoms with Crippen molar-refractivity contribution in [3.63, 3.8) is 0 Å². The van der Waals surface area contributed by atoms with Crippen molar-refractivity contribution in [2.75, 3.05) is 5.75 Å². The Kier molecular flexibility index (Phi) is 4.77. The summed E-state index contributed by atoms with van der Waals surface area (Å²) in [5.41, 5.74) is 3.11. The number of H-pyrrole nitrogens is 1. The van der Waals surface area contributed by atoms with E-state index in [2.05, 4.69) is 15.2 Å². The molecule has 4 nitrogen and oxygen atoms in total. The molecular formula is C24H16FN3OS. The first kappa shape index (κ1) is 18.5. The van der Waals surface area contributed by atoms with E-state index in [-0.39, 0.29) is 17.4 Å². The van der Waals surface area contributed by atoms with Gasteiger partial charge in [-0.2, -0.15) is 0 Å². The van der Waals surface area contributed by atoms with E-state index in [9.17, 15) is 9.18 Å². The number of fused-ring (bicyclic) bond motifs is 2. The predicted octanol–water partition coefficient (Wildman–Crippen LogP) is 5.89. The highest BCUT2D eigenvalue weighted by Gasteiger charge is 2.15. The lowest BCUT2D eigenvalue weighted by Gasteiger charge is -2.09. The van der Waals surface area contributed by atoms with Crippen LogP contribution in [-0.2, 0) is 0 Å². The molecule has 0 aliphatic heterocycles. The second kappa shape index (κ2) is 7.72. The minimum atomic E-state index is -0.293. The van der Waals surface area contributed by atoms with Gasteiger partial charge in [-0.25, -0.2) is 4.39 Å². The first-order chi connectivity index (χ1) is 14.7. The van der Waals surface area contributed by atoms with Gasteiger partial charge in [-0.05, 0) is 30.3 Å². The molecular weight excluding hydrogens is 397 g/mol. The van der Waals surface area contributed by atoms with Crippen LogP contribution in [-0.4, -0.2) is 26.7 Å². The van der Waals surface area contributed by atoms with E-state index in [1.54, 1.807) is 18.3 Å². The number of rotatable bonds is 5. The third-order valence-corrected chi connectivity index (χ3v) is 5.98. The van der Waals surface area contributed by atoms with Gasteiger partial charge in [0.05, 0.1) is 5.75 Å². The van der Waals surface area contributed by atoms with Crippen LogP contribution in [0.5, 0.6) is 0 Å².